The van der Waals surface area contributed by atoms with E-state index in [-0.39, 0.29) is 5.82 Å². The van der Waals surface area contributed by atoms with Gasteiger partial charge >= 0.3 is 0 Å². The molecule has 1 saturated carbocycles. The molecule has 1 nitrogen and oxygen atoms in total. The largest absolute Gasteiger partial charge is 0.326 e. The van der Waals surface area contributed by atoms with Crippen molar-refractivity contribution in [2.45, 2.75) is 44.6 Å². The second-order valence-corrected chi connectivity index (χ2v) is 5.54. The van der Waals surface area contributed by atoms with Crippen LogP contribution in [0.3, 0.4) is 0 Å². The summed E-state index contributed by atoms with van der Waals surface area (Å²) in [4.78, 5) is 0. The monoisotopic (exact) mass is 257 g/mol. The number of hydrogen-bond acceptors (Lipinski definition) is 1. The van der Waals surface area contributed by atoms with Gasteiger partial charge < -0.3 is 5.73 Å². The molecule has 0 bridgehead atoms. The quantitative estimate of drug-likeness (QED) is 0.843. The Hall–Kier alpha value is -1.41. The van der Waals surface area contributed by atoms with Crippen molar-refractivity contribution >= 4 is 10.8 Å². The van der Waals surface area contributed by atoms with Gasteiger partial charge in [0.05, 0.1) is 0 Å². The highest BCUT2D eigenvalue weighted by Crippen LogP contribution is 2.38. The minimum absolute atomic E-state index is 0.154. The van der Waals surface area contributed by atoms with E-state index in [0.717, 1.165) is 10.8 Å². The molecule has 0 spiro atoms. The smallest absolute Gasteiger partial charge is 0.123 e. The van der Waals surface area contributed by atoms with Gasteiger partial charge in [-0.15, -0.1) is 0 Å². The molecule has 0 radical (unpaired) electrons. The molecule has 0 amide bonds. The van der Waals surface area contributed by atoms with Gasteiger partial charge in [0.2, 0.25) is 0 Å². The predicted molar refractivity (Wildman–Crippen MR) is 77.6 cm³/mol. The fourth-order valence-electron chi connectivity index (χ4n) is 3.41. The van der Waals surface area contributed by atoms with E-state index in [0.29, 0.717) is 12.5 Å². The minimum atomic E-state index is -0.154. The summed E-state index contributed by atoms with van der Waals surface area (Å²) in [5, 5.41) is 2.19. The maximum atomic E-state index is 13.6. The van der Waals surface area contributed by atoms with Crippen molar-refractivity contribution in [1.29, 1.82) is 0 Å². The third kappa shape index (κ3) is 2.37. The zero-order valence-electron chi connectivity index (χ0n) is 11.2. The zero-order valence-corrected chi connectivity index (χ0v) is 11.2. The molecule has 2 aromatic rings. The van der Waals surface area contributed by atoms with Crippen molar-refractivity contribution in [3.05, 3.63) is 47.3 Å². The molecule has 2 heteroatoms. The van der Waals surface area contributed by atoms with Crippen molar-refractivity contribution in [2.24, 2.45) is 5.73 Å². The molecule has 0 aliphatic heterocycles. The highest BCUT2D eigenvalue weighted by molar-refractivity contribution is 5.87. The Bertz CT molecular complexity index is 585. The summed E-state index contributed by atoms with van der Waals surface area (Å²) < 4.78 is 13.6. The summed E-state index contributed by atoms with van der Waals surface area (Å²) >= 11 is 0. The fourth-order valence-corrected chi connectivity index (χ4v) is 3.41. The van der Waals surface area contributed by atoms with Crippen molar-refractivity contribution < 1.29 is 4.39 Å². The van der Waals surface area contributed by atoms with Crippen molar-refractivity contribution in [1.82, 2.24) is 0 Å². The number of fused-ring (bicyclic) bond motifs is 1. The van der Waals surface area contributed by atoms with Gasteiger partial charge in [-0.25, -0.2) is 4.39 Å². The number of halogens is 1. The van der Waals surface area contributed by atoms with Crippen LogP contribution in [0.2, 0.25) is 0 Å². The summed E-state index contributed by atoms with van der Waals surface area (Å²) in [6.45, 7) is 0.540. The summed E-state index contributed by atoms with van der Waals surface area (Å²) in [5.41, 5.74) is 8.38. The maximum Gasteiger partial charge on any atom is 0.123 e. The molecular formula is C17H20FN. The summed E-state index contributed by atoms with van der Waals surface area (Å²) in [6, 6.07) is 9.26. The van der Waals surface area contributed by atoms with E-state index in [2.05, 4.69) is 12.1 Å². The lowest BCUT2D eigenvalue weighted by molar-refractivity contribution is 0.443. The standard InChI is InChI=1S/C17H20FN/c18-15-9-8-12-6-7-14(11-19)17(16(12)10-15)13-4-2-1-3-5-13/h6-10,13H,1-5,11,19H2. The van der Waals surface area contributed by atoms with Crippen molar-refractivity contribution in [2.75, 3.05) is 0 Å². The summed E-state index contributed by atoms with van der Waals surface area (Å²) in [5.74, 6) is 0.400. The Morgan fingerprint density at radius 1 is 1.05 bits per heavy atom. The topological polar surface area (TPSA) is 26.0 Å². The molecule has 3 rings (SSSR count). The van der Waals surface area contributed by atoms with Crippen LogP contribution < -0.4 is 5.73 Å². The van der Waals surface area contributed by atoms with E-state index in [4.69, 9.17) is 5.73 Å². The Labute approximate surface area is 113 Å². The third-order valence-electron chi connectivity index (χ3n) is 4.35. The van der Waals surface area contributed by atoms with Gasteiger partial charge in [0.15, 0.2) is 0 Å². The molecule has 0 heterocycles. The van der Waals surface area contributed by atoms with Crippen LogP contribution in [0.25, 0.3) is 10.8 Å². The molecule has 0 saturated heterocycles. The Morgan fingerprint density at radius 3 is 2.53 bits per heavy atom. The highest BCUT2D eigenvalue weighted by Gasteiger charge is 2.20. The lowest BCUT2D eigenvalue weighted by atomic mass is 9.80. The molecule has 19 heavy (non-hydrogen) atoms. The first-order valence-electron chi connectivity index (χ1n) is 7.20. The first-order chi connectivity index (χ1) is 9.29. The average molecular weight is 257 g/mol. The number of nitrogens with two attached hydrogens (primary N) is 1. The number of benzene rings is 2. The second kappa shape index (κ2) is 5.30. The zero-order chi connectivity index (χ0) is 13.2. The van der Waals surface area contributed by atoms with Crippen molar-refractivity contribution in [3.63, 3.8) is 0 Å². The molecular weight excluding hydrogens is 237 g/mol. The van der Waals surface area contributed by atoms with Crippen LogP contribution in [-0.2, 0) is 6.54 Å². The molecule has 0 unspecified atom stereocenters. The van der Waals surface area contributed by atoms with Gasteiger partial charge in [0.1, 0.15) is 5.82 Å². The number of hydrogen-bond donors (Lipinski definition) is 1. The van der Waals surface area contributed by atoms with Crippen LogP contribution >= 0.6 is 0 Å². The van der Waals surface area contributed by atoms with Crippen LogP contribution in [0, 0.1) is 5.82 Å². The normalized spacial score (nSPS) is 16.9. The van der Waals surface area contributed by atoms with E-state index < -0.39 is 0 Å². The lowest BCUT2D eigenvalue weighted by Gasteiger charge is -2.25. The van der Waals surface area contributed by atoms with E-state index in [9.17, 15) is 4.39 Å². The van der Waals surface area contributed by atoms with Gasteiger partial charge in [-0.1, -0.05) is 37.5 Å². The highest BCUT2D eigenvalue weighted by atomic mass is 19.1. The summed E-state index contributed by atoms with van der Waals surface area (Å²) in [7, 11) is 0. The molecule has 0 aromatic heterocycles. The molecule has 1 fully saturated rings. The Balaban J connectivity index is 2.19. The van der Waals surface area contributed by atoms with Crippen LogP contribution in [0.4, 0.5) is 4.39 Å². The summed E-state index contributed by atoms with van der Waals surface area (Å²) in [6.07, 6.45) is 6.31. The van der Waals surface area contributed by atoms with Gasteiger partial charge in [0.25, 0.3) is 0 Å². The van der Waals surface area contributed by atoms with E-state index in [1.807, 2.05) is 6.07 Å². The molecule has 100 valence electrons. The average Bonchev–Trinajstić information content (AvgIpc) is 2.46. The van der Waals surface area contributed by atoms with E-state index in [1.165, 1.54) is 49.3 Å². The molecule has 0 atom stereocenters. The van der Waals surface area contributed by atoms with Crippen molar-refractivity contribution in [3.8, 4) is 0 Å². The second-order valence-electron chi connectivity index (χ2n) is 5.54. The molecule has 2 N–H and O–H groups in total. The Kier molecular flexibility index (Phi) is 3.52. The van der Waals surface area contributed by atoms with Crippen LogP contribution in [0.15, 0.2) is 30.3 Å². The molecule has 1 aliphatic rings. The third-order valence-corrected chi connectivity index (χ3v) is 4.35. The van der Waals surface area contributed by atoms with Crippen LogP contribution in [-0.4, -0.2) is 0 Å². The van der Waals surface area contributed by atoms with E-state index >= 15 is 0 Å². The molecule has 2 aromatic carbocycles. The maximum absolute atomic E-state index is 13.6. The number of rotatable bonds is 2. The molecule has 1 aliphatic carbocycles. The fraction of sp³-hybridized carbons (Fsp3) is 0.412. The van der Waals surface area contributed by atoms with Crippen LogP contribution in [0.5, 0.6) is 0 Å². The van der Waals surface area contributed by atoms with Gasteiger partial charge in [0, 0.05) is 6.54 Å². The predicted octanol–water partition coefficient (Wildman–Crippen LogP) is 4.49. The van der Waals surface area contributed by atoms with E-state index in [1.54, 1.807) is 6.07 Å². The van der Waals surface area contributed by atoms with Gasteiger partial charge in [-0.05, 0) is 52.8 Å². The Morgan fingerprint density at radius 2 is 1.79 bits per heavy atom. The first-order valence-corrected chi connectivity index (χ1v) is 7.20. The lowest BCUT2D eigenvalue weighted by Crippen LogP contribution is -2.10. The van der Waals surface area contributed by atoms with Crippen LogP contribution in [0.1, 0.15) is 49.1 Å². The van der Waals surface area contributed by atoms with Gasteiger partial charge in [-0.2, -0.15) is 0 Å². The first kappa shape index (κ1) is 12.6. The van der Waals surface area contributed by atoms with Gasteiger partial charge in [-0.3, -0.25) is 0 Å². The minimum Gasteiger partial charge on any atom is -0.326 e. The SMILES string of the molecule is NCc1ccc2ccc(F)cc2c1C1CCCCC1.